The maximum Gasteiger partial charge on any atom is 0.264 e. The number of ether oxygens (including phenoxy) is 1. The maximum atomic E-state index is 13.7. The quantitative estimate of drug-likeness (QED) is 0.440. The van der Waals surface area contributed by atoms with Gasteiger partial charge in [0.15, 0.2) is 0 Å². The van der Waals surface area contributed by atoms with Crippen LogP contribution in [0.15, 0.2) is 47.4 Å². The number of nitrogens with zero attached hydrogens (tertiary/aromatic N) is 2. The molecule has 0 spiro atoms. The maximum absolute atomic E-state index is 13.7. The summed E-state index contributed by atoms with van der Waals surface area (Å²) < 4.78 is 36.0. The molecule has 4 rings (SSSR count). The molecule has 0 radical (unpaired) electrons. The van der Waals surface area contributed by atoms with Gasteiger partial charge in [-0.15, -0.1) is 11.8 Å². The normalized spacial score (nSPS) is 15.2. The molecule has 0 N–H and O–H groups in total. The topological polar surface area (TPSA) is 77.8 Å². The average molecular weight is 489 g/mol. The van der Waals surface area contributed by atoms with Gasteiger partial charge in [-0.2, -0.15) is 8.42 Å². The van der Waals surface area contributed by atoms with Gasteiger partial charge in [0, 0.05) is 41.0 Å². The Morgan fingerprint density at radius 3 is 2.52 bits per heavy atom. The number of hydrogen-bond acceptors (Lipinski definition) is 6. The number of rotatable bonds is 8. The van der Waals surface area contributed by atoms with E-state index in [2.05, 4.69) is 4.57 Å². The van der Waals surface area contributed by atoms with Crippen molar-refractivity contribution in [2.45, 2.75) is 30.5 Å². The van der Waals surface area contributed by atoms with Crippen molar-refractivity contribution in [2.75, 3.05) is 33.1 Å². The van der Waals surface area contributed by atoms with E-state index < -0.39 is 15.4 Å². The van der Waals surface area contributed by atoms with Crippen molar-refractivity contribution in [2.24, 2.45) is 0 Å². The van der Waals surface area contributed by atoms with Crippen molar-refractivity contribution in [3.8, 4) is 17.0 Å². The van der Waals surface area contributed by atoms with Gasteiger partial charge in [-0.25, -0.2) is 0 Å². The predicted molar refractivity (Wildman–Crippen MR) is 131 cm³/mol. The summed E-state index contributed by atoms with van der Waals surface area (Å²) in [6.45, 7) is 5.53. The summed E-state index contributed by atoms with van der Waals surface area (Å²) in [5.74, 6) is 0.738. The molecule has 3 aromatic rings. The Morgan fingerprint density at radius 1 is 1.12 bits per heavy atom. The van der Waals surface area contributed by atoms with Crippen molar-refractivity contribution in [1.82, 2.24) is 9.47 Å². The number of aromatic nitrogens is 1. The molecule has 1 aromatic heterocycles. The number of carbonyl (C=O) groups is 1. The van der Waals surface area contributed by atoms with Crippen molar-refractivity contribution in [3.05, 3.63) is 48.0 Å². The number of hydrogen-bond donors (Lipinski definition) is 0. The van der Waals surface area contributed by atoms with Crippen LogP contribution in [0.25, 0.3) is 22.2 Å². The highest BCUT2D eigenvalue weighted by atomic mass is 32.2. The van der Waals surface area contributed by atoms with E-state index in [0.717, 1.165) is 38.9 Å². The van der Waals surface area contributed by atoms with E-state index in [0.29, 0.717) is 25.4 Å². The molecular formula is C24H28N2O5S2. The Kier molecular flexibility index (Phi) is 6.74. The monoisotopic (exact) mass is 488 g/mol. The largest absolute Gasteiger partial charge is 0.496 e. The van der Waals surface area contributed by atoms with Crippen LogP contribution in [0.1, 0.15) is 24.7 Å². The molecule has 33 heavy (non-hydrogen) atoms. The number of benzene rings is 2. The molecule has 0 saturated heterocycles. The average Bonchev–Trinajstić information content (AvgIpc) is 3.13. The van der Waals surface area contributed by atoms with E-state index in [4.69, 9.17) is 8.92 Å². The van der Waals surface area contributed by atoms with E-state index in [1.165, 1.54) is 0 Å². The molecule has 0 aliphatic carbocycles. The zero-order chi connectivity index (χ0) is 23.8. The first-order valence-corrected chi connectivity index (χ1v) is 13.6. The Hall–Kier alpha value is -2.49. The lowest BCUT2D eigenvalue weighted by molar-refractivity contribution is -0.130. The molecule has 1 unspecified atom stereocenters. The summed E-state index contributed by atoms with van der Waals surface area (Å²) in [6, 6.07) is 13.8. The summed E-state index contributed by atoms with van der Waals surface area (Å²) in [7, 11) is -1.95. The van der Waals surface area contributed by atoms with Crippen molar-refractivity contribution in [1.29, 1.82) is 0 Å². The van der Waals surface area contributed by atoms with Crippen LogP contribution in [0.3, 0.4) is 0 Å². The van der Waals surface area contributed by atoms with Gasteiger partial charge in [0.2, 0.25) is 5.91 Å². The molecule has 9 heteroatoms. The summed E-state index contributed by atoms with van der Waals surface area (Å²) in [6.07, 6.45) is 1.05. The third kappa shape index (κ3) is 4.37. The minimum Gasteiger partial charge on any atom is -0.496 e. The zero-order valence-electron chi connectivity index (χ0n) is 19.2. The van der Waals surface area contributed by atoms with Crippen LogP contribution < -0.4 is 4.74 Å². The Labute approximate surface area is 198 Å². The Bertz CT molecular complexity index is 1300. The first-order chi connectivity index (χ1) is 15.8. The molecule has 7 nitrogen and oxygen atoms in total. The second-order valence-electron chi connectivity index (χ2n) is 7.80. The van der Waals surface area contributed by atoms with Gasteiger partial charge >= 0.3 is 0 Å². The number of methoxy groups -OCH3 is 1. The van der Waals surface area contributed by atoms with Crippen LogP contribution in [0.4, 0.5) is 0 Å². The smallest absolute Gasteiger partial charge is 0.264 e. The number of thioether (sulfide) groups is 1. The molecule has 2 aromatic carbocycles. The number of fused-ring (bicyclic) bond motifs is 5. The molecule has 0 fully saturated rings. The lowest BCUT2D eigenvalue weighted by Crippen LogP contribution is -2.34. The van der Waals surface area contributed by atoms with E-state index >= 15 is 0 Å². The second-order valence-corrected chi connectivity index (χ2v) is 10.6. The van der Waals surface area contributed by atoms with Crippen LogP contribution in [0.5, 0.6) is 5.75 Å². The third-order valence-corrected chi connectivity index (χ3v) is 7.75. The van der Waals surface area contributed by atoms with E-state index in [1.54, 1.807) is 18.9 Å². The van der Waals surface area contributed by atoms with Crippen molar-refractivity contribution < 1.29 is 22.1 Å². The molecular weight excluding hydrogens is 460 g/mol. The highest BCUT2D eigenvalue weighted by Gasteiger charge is 2.38. The molecule has 1 aliphatic heterocycles. The van der Waals surface area contributed by atoms with Gasteiger partial charge in [0.05, 0.1) is 31.2 Å². The van der Waals surface area contributed by atoms with Gasteiger partial charge in [-0.1, -0.05) is 24.3 Å². The number of likely N-dealkylation sites (N-methyl/N-ethyl adjacent to an activating group) is 1. The van der Waals surface area contributed by atoms with Crippen molar-refractivity contribution in [3.63, 3.8) is 0 Å². The van der Waals surface area contributed by atoms with Crippen LogP contribution in [-0.4, -0.2) is 56.9 Å². The number of carbonyl (C=O) groups excluding carboxylic acids is 1. The first kappa shape index (κ1) is 23.7. The van der Waals surface area contributed by atoms with Crippen LogP contribution in [0.2, 0.25) is 0 Å². The number of amides is 1. The standard InChI is InChI=1S/C24H28N2O5S2/c1-5-25(6-2)24(27)23-21-20-17(11-9-12-18(20)30-3)26(14-15-31-33(4,28)29)22(21)16-10-7-8-13-19(16)32-23/h7-13,23H,5-6,14-15H2,1-4H3. The van der Waals surface area contributed by atoms with Gasteiger partial charge in [0.1, 0.15) is 11.0 Å². The zero-order valence-corrected chi connectivity index (χ0v) is 20.8. The highest BCUT2D eigenvalue weighted by Crippen LogP contribution is 2.54. The lowest BCUT2D eigenvalue weighted by atomic mass is 10.00. The predicted octanol–water partition coefficient (Wildman–Crippen LogP) is 4.31. The van der Waals surface area contributed by atoms with E-state index in [-0.39, 0.29) is 12.5 Å². The summed E-state index contributed by atoms with van der Waals surface area (Å²) in [4.78, 5) is 16.5. The Balaban J connectivity index is 2.00. The third-order valence-electron chi connectivity index (χ3n) is 5.87. The molecule has 0 saturated carbocycles. The fourth-order valence-corrected chi connectivity index (χ4v) is 6.13. The Morgan fingerprint density at radius 2 is 1.85 bits per heavy atom. The minimum absolute atomic E-state index is 0.00374. The summed E-state index contributed by atoms with van der Waals surface area (Å²) in [5, 5.41) is 0.438. The van der Waals surface area contributed by atoms with Gasteiger partial charge < -0.3 is 14.2 Å². The fraction of sp³-hybridized carbons (Fsp3) is 0.375. The van der Waals surface area contributed by atoms with Crippen LogP contribution in [-0.2, 0) is 25.6 Å². The molecule has 1 amide bonds. The molecule has 2 heterocycles. The lowest BCUT2D eigenvalue weighted by Gasteiger charge is -2.30. The minimum atomic E-state index is -3.57. The van der Waals surface area contributed by atoms with E-state index in [9.17, 15) is 13.2 Å². The second kappa shape index (κ2) is 9.40. The molecule has 1 aliphatic rings. The fourth-order valence-electron chi connectivity index (χ4n) is 4.45. The van der Waals surface area contributed by atoms with Crippen LogP contribution >= 0.6 is 11.8 Å². The van der Waals surface area contributed by atoms with Crippen LogP contribution in [0, 0.1) is 0 Å². The van der Waals surface area contributed by atoms with Gasteiger partial charge in [-0.05, 0) is 32.0 Å². The van der Waals surface area contributed by atoms with Crippen molar-refractivity contribution >= 4 is 38.7 Å². The first-order valence-electron chi connectivity index (χ1n) is 10.9. The highest BCUT2D eigenvalue weighted by molar-refractivity contribution is 8.00. The van der Waals surface area contributed by atoms with E-state index in [1.807, 2.05) is 61.2 Å². The molecule has 176 valence electrons. The molecule has 1 atom stereocenters. The van der Waals surface area contributed by atoms with Gasteiger partial charge in [-0.3, -0.25) is 8.98 Å². The molecule has 0 bridgehead atoms. The van der Waals surface area contributed by atoms with Gasteiger partial charge in [0.25, 0.3) is 10.1 Å². The summed E-state index contributed by atoms with van der Waals surface area (Å²) in [5.41, 5.74) is 3.71. The summed E-state index contributed by atoms with van der Waals surface area (Å²) >= 11 is 1.56. The SMILES string of the molecule is CCN(CC)C(=O)C1Sc2ccccc2-c2c1c1c(OC)cccc1n2CCOS(C)(=O)=O.